The Labute approximate surface area is 169 Å². The number of nitrogens with one attached hydrogen (secondary N) is 3. The zero-order valence-corrected chi connectivity index (χ0v) is 18.5. The molecule has 148 valence electrons. The van der Waals surface area contributed by atoms with Gasteiger partial charge in [-0.25, -0.2) is 0 Å². The maximum absolute atomic E-state index is 11.8. The Morgan fingerprint density at radius 2 is 1.92 bits per heavy atom. The molecule has 0 spiro atoms. The highest BCUT2D eigenvalue weighted by molar-refractivity contribution is 14.0. The number of amides is 1. The smallest absolute Gasteiger partial charge is 0.239 e. The van der Waals surface area contributed by atoms with Crippen molar-refractivity contribution < 1.29 is 14.3 Å². The monoisotopic (exact) mass is 470 g/mol. The highest BCUT2D eigenvalue weighted by atomic mass is 127. The molecule has 2 atom stereocenters. The Morgan fingerprint density at radius 3 is 2.44 bits per heavy atom. The number of ether oxygens (including phenoxy) is 2. The third-order valence-electron chi connectivity index (χ3n) is 5.05. The van der Waals surface area contributed by atoms with Crippen molar-refractivity contribution in [2.75, 3.05) is 40.5 Å². The van der Waals surface area contributed by atoms with E-state index in [-0.39, 0.29) is 41.8 Å². The molecular weight excluding hydrogens is 435 g/mol. The fraction of sp³-hybridized carbons (Fsp3) is 0.882. The van der Waals surface area contributed by atoms with Crippen LogP contribution >= 0.6 is 24.0 Å². The van der Waals surface area contributed by atoms with Crippen molar-refractivity contribution >= 4 is 35.8 Å². The van der Waals surface area contributed by atoms with Crippen LogP contribution in [0.15, 0.2) is 4.99 Å². The van der Waals surface area contributed by atoms with E-state index in [0.29, 0.717) is 31.3 Å². The van der Waals surface area contributed by atoms with Crippen molar-refractivity contribution in [3.8, 4) is 0 Å². The van der Waals surface area contributed by atoms with Crippen molar-refractivity contribution in [1.29, 1.82) is 0 Å². The number of rotatable bonds is 10. The molecule has 1 aliphatic rings. The first kappa shape index (κ1) is 24.4. The van der Waals surface area contributed by atoms with E-state index in [9.17, 15) is 4.79 Å². The van der Waals surface area contributed by atoms with Crippen LogP contribution < -0.4 is 16.0 Å². The van der Waals surface area contributed by atoms with Crippen molar-refractivity contribution in [1.82, 2.24) is 16.0 Å². The van der Waals surface area contributed by atoms with Gasteiger partial charge in [0.15, 0.2) is 5.96 Å². The lowest BCUT2D eigenvalue weighted by Gasteiger charge is -2.55. The molecule has 25 heavy (non-hydrogen) atoms. The maximum Gasteiger partial charge on any atom is 0.239 e. The summed E-state index contributed by atoms with van der Waals surface area (Å²) in [5.41, 5.74) is 0.133. The van der Waals surface area contributed by atoms with Gasteiger partial charge in [0.25, 0.3) is 0 Å². The van der Waals surface area contributed by atoms with Crippen molar-refractivity contribution in [3.05, 3.63) is 0 Å². The largest absolute Gasteiger partial charge is 0.383 e. The summed E-state index contributed by atoms with van der Waals surface area (Å²) in [6.07, 6.45) is 3.38. The van der Waals surface area contributed by atoms with E-state index in [1.807, 2.05) is 6.92 Å². The second-order valence-corrected chi connectivity index (χ2v) is 6.09. The molecule has 0 saturated heterocycles. The van der Waals surface area contributed by atoms with Gasteiger partial charge in [0.1, 0.15) is 0 Å². The lowest BCUT2D eigenvalue weighted by Crippen LogP contribution is -2.65. The molecule has 0 bridgehead atoms. The predicted octanol–water partition coefficient (Wildman–Crippen LogP) is 1.52. The molecule has 1 aliphatic carbocycles. The Balaban J connectivity index is 0.00000576. The van der Waals surface area contributed by atoms with Crippen molar-refractivity contribution in [2.45, 2.75) is 52.2 Å². The molecule has 0 aromatic heterocycles. The average molecular weight is 470 g/mol. The number of hydrogen-bond donors (Lipinski definition) is 3. The molecule has 0 aromatic carbocycles. The van der Waals surface area contributed by atoms with Crippen LogP contribution in [0.1, 0.15) is 40.0 Å². The van der Waals surface area contributed by atoms with E-state index in [1.165, 1.54) is 0 Å². The lowest BCUT2D eigenvalue weighted by atomic mass is 9.58. The summed E-state index contributed by atoms with van der Waals surface area (Å²) in [5.74, 6) is 0.580. The van der Waals surface area contributed by atoms with Gasteiger partial charge in [-0.1, -0.05) is 13.8 Å². The van der Waals surface area contributed by atoms with Crippen LogP contribution in [0.25, 0.3) is 0 Å². The minimum atomic E-state index is -0.0759. The number of hydrogen-bond acceptors (Lipinski definition) is 4. The first-order valence-corrected chi connectivity index (χ1v) is 8.92. The van der Waals surface area contributed by atoms with Crippen molar-refractivity contribution in [2.24, 2.45) is 10.4 Å². The molecule has 0 aromatic rings. The van der Waals surface area contributed by atoms with Gasteiger partial charge < -0.3 is 25.4 Å². The van der Waals surface area contributed by atoms with Crippen LogP contribution in [0, 0.1) is 5.41 Å². The molecule has 3 N–H and O–H groups in total. The van der Waals surface area contributed by atoms with Gasteiger partial charge in [0.05, 0.1) is 19.3 Å². The number of halogens is 1. The molecule has 8 heteroatoms. The molecule has 2 unspecified atom stereocenters. The summed E-state index contributed by atoms with van der Waals surface area (Å²) in [7, 11) is 3.33. The van der Waals surface area contributed by atoms with E-state index in [2.05, 4.69) is 34.8 Å². The van der Waals surface area contributed by atoms with Gasteiger partial charge in [-0.05, 0) is 26.2 Å². The van der Waals surface area contributed by atoms with E-state index in [0.717, 1.165) is 25.9 Å². The minimum Gasteiger partial charge on any atom is -0.383 e. The Morgan fingerprint density at radius 1 is 1.24 bits per heavy atom. The van der Waals surface area contributed by atoms with Crippen LogP contribution in [-0.4, -0.2) is 64.5 Å². The number of carbonyl (C=O) groups excluding carboxylic acids is 1. The number of carbonyl (C=O) groups is 1. The minimum absolute atomic E-state index is 0. The molecule has 0 radical (unpaired) electrons. The van der Waals surface area contributed by atoms with E-state index >= 15 is 0 Å². The molecule has 1 saturated carbocycles. The maximum atomic E-state index is 11.8. The molecule has 0 aliphatic heterocycles. The second-order valence-electron chi connectivity index (χ2n) is 6.09. The van der Waals surface area contributed by atoms with E-state index < -0.39 is 0 Å². The Kier molecular flexibility index (Phi) is 12.4. The zero-order valence-electron chi connectivity index (χ0n) is 16.2. The Hall–Kier alpha value is -0.610. The van der Waals surface area contributed by atoms with Gasteiger partial charge in [-0.15, -0.1) is 24.0 Å². The SMILES string of the molecule is CCOC1CC(NC(=NC)NCC(=O)NCCOC)C1(CC)CC.I. The Bertz CT molecular complexity index is 417. The fourth-order valence-electron chi connectivity index (χ4n) is 3.46. The molecule has 1 rings (SSSR count). The van der Waals surface area contributed by atoms with Crippen LogP contribution in [-0.2, 0) is 14.3 Å². The second kappa shape index (κ2) is 12.7. The van der Waals surface area contributed by atoms with Crippen LogP contribution in [0.5, 0.6) is 0 Å². The third kappa shape index (κ3) is 6.56. The predicted molar refractivity (Wildman–Crippen MR) is 112 cm³/mol. The number of methoxy groups -OCH3 is 1. The summed E-state index contributed by atoms with van der Waals surface area (Å²) in [6, 6.07) is 0.312. The van der Waals surface area contributed by atoms with Gasteiger partial charge in [-0.3, -0.25) is 9.79 Å². The lowest BCUT2D eigenvalue weighted by molar-refractivity contribution is -0.133. The highest BCUT2D eigenvalue weighted by Crippen LogP contribution is 2.48. The van der Waals surface area contributed by atoms with Crippen LogP contribution in [0.3, 0.4) is 0 Å². The summed E-state index contributed by atoms with van der Waals surface area (Å²) >= 11 is 0. The van der Waals surface area contributed by atoms with Crippen LogP contribution in [0.4, 0.5) is 0 Å². The fourth-order valence-corrected chi connectivity index (χ4v) is 3.46. The van der Waals surface area contributed by atoms with E-state index in [4.69, 9.17) is 9.47 Å². The summed E-state index contributed by atoms with van der Waals surface area (Å²) in [6.45, 7) is 8.42. The number of nitrogens with zero attached hydrogens (tertiary/aromatic N) is 1. The normalized spacial score (nSPS) is 21.7. The first-order chi connectivity index (χ1) is 11.6. The molecular formula is C17H35IN4O3. The van der Waals surface area contributed by atoms with Crippen molar-refractivity contribution in [3.63, 3.8) is 0 Å². The summed E-state index contributed by atoms with van der Waals surface area (Å²) in [5, 5.41) is 9.31. The summed E-state index contributed by atoms with van der Waals surface area (Å²) in [4.78, 5) is 16.0. The standard InChI is InChI=1S/C17H34N4O3.HI/c1-6-17(7-2)13(11-14(17)24-8-3)21-16(18-4)20-12-15(22)19-9-10-23-5;/h13-14H,6-12H2,1-5H3,(H,19,22)(H2,18,20,21);1H. The van der Waals surface area contributed by atoms with Crippen LogP contribution in [0.2, 0.25) is 0 Å². The zero-order chi connectivity index (χ0) is 18.0. The highest BCUT2D eigenvalue weighted by Gasteiger charge is 2.53. The van der Waals surface area contributed by atoms with Gasteiger partial charge >= 0.3 is 0 Å². The van der Waals surface area contributed by atoms with Gasteiger partial charge in [0.2, 0.25) is 5.91 Å². The third-order valence-corrected chi connectivity index (χ3v) is 5.05. The first-order valence-electron chi connectivity index (χ1n) is 8.92. The molecule has 0 heterocycles. The van der Waals surface area contributed by atoms with E-state index in [1.54, 1.807) is 14.2 Å². The molecule has 1 fully saturated rings. The van der Waals surface area contributed by atoms with Gasteiger partial charge in [-0.2, -0.15) is 0 Å². The molecule has 1 amide bonds. The number of aliphatic imine (C=N–C) groups is 1. The average Bonchev–Trinajstić information content (AvgIpc) is 2.58. The molecule has 7 nitrogen and oxygen atoms in total. The summed E-state index contributed by atoms with van der Waals surface area (Å²) < 4.78 is 10.8. The quantitative estimate of drug-likeness (QED) is 0.195. The number of guanidine groups is 1. The van der Waals surface area contributed by atoms with Gasteiger partial charge in [0, 0.05) is 38.8 Å². The topological polar surface area (TPSA) is 84.0 Å².